The van der Waals surface area contributed by atoms with Gasteiger partial charge in [-0.15, -0.1) is 0 Å². The van der Waals surface area contributed by atoms with E-state index in [0.717, 1.165) is 5.56 Å². The van der Waals surface area contributed by atoms with Crippen molar-refractivity contribution in [3.8, 4) is 0 Å². The van der Waals surface area contributed by atoms with Crippen LogP contribution in [0.25, 0.3) is 0 Å². The minimum Gasteiger partial charge on any atom is -0.469 e. The number of esters is 1. The van der Waals surface area contributed by atoms with E-state index in [9.17, 15) is 14.4 Å². The molecule has 1 aromatic heterocycles. The van der Waals surface area contributed by atoms with E-state index in [1.807, 2.05) is 16.8 Å². The molecule has 2 rings (SSSR count). The number of carbonyl (C=O) groups excluding carboxylic acids is 3. The van der Waals surface area contributed by atoms with Crippen LogP contribution in [0.2, 0.25) is 0 Å². The van der Waals surface area contributed by atoms with Gasteiger partial charge in [0.2, 0.25) is 11.8 Å². The van der Waals surface area contributed by atoms with Crippen molar-refractivity contribution in [3.05, 3.63) is 22.4 Å². The van der Waals surface area contributed by atoms with Gasteiger partial charge in [-0.3, -0.25) is 14.4 Å². The van der Waals surface area contributed by atoms with Crippen LogP contribution in [0.5, 0.6) is 0 Å². The van der Waals surface area contributed by atoms with Crippen LogP contribution in [0.1, 0.15) is 18.4 Å². The summed E-state index contributed by atoms with van der Waals surface area (Å²) in [7, 11) is 1.27. The molecule has 1 saturated heterocycles. The molecule has 1 aliphatic heterocycles. The fourth-order valence-corrected chi connectivity index (χ4v) is 2.99. The number of piperazine rings is 1. The van der Waals surface area contributed by atoms with Crippen molar-refractivity contribution in [3.63, 3.8) is 0 Å². The quantitative estimate of drug-likeness (QED) is 0.807. The van der Waals surface area contributed by atoms with E-state index in [1.54, 1.807) is 11.3 Å². The third-order valence-corrected chi connectivity index (χ3v) is 4.18. The molecule has 2 amide bonds. The van der Waals surface area contributed by atoms with Crippen LogP contribution in [-0.4, -0.2) is 48.9 Å². The third-order valence-electron chi connectivity index (χ3n) is 3.45. The first-order chi connectivity index (χ1) is 10.1. The number of carbonyl (C=O) groups is 3. The van der Waals surface area contributed by atoms with E-state index in [0.29, 0.717) is 25.9 Å². The summed E-state index contributed by atoms with van der Waals surface area (Å²) in [6, 6.07) is 1.22. The summed E-state index contributed by atoms with van der Waals surface area (Å²) in [5.74, 6) is -0.895. The molecule has 1 atom stereocenters. The maximum absolute atomic E-state index is 12.3. The van der Waals surface area contributed by atoms with Gasteiger partial charge in [0, 0.05) is 19.5 Å². The van der Waals surface area contributed by atoms with E-state index in [-0.39, 0.29) is 18.2 Å². The first kappa shape index (κ1) is 15.5. The number of nitrogens with zero attached hydrogens (tertiary/aromatic N) is 1. The summed E-state index contributed by atoms with van der Waals surface area (Å²) in [5.41, 5.74) is 1.11. The maximum Gasteiger partial charge on any atom is 0.308 e. The summed E-state index contributed by atoms with van der Waals surface area (Å²) >= 11 is 1.59. The smallest absolute Gasteiger partial charge is 0.308 e. The number of hydrogen-bond donors (Lipinski definition) is 1. The molecule has 0 saturated carbocycles. The minimum atomic E-state index is -0.763. The zero-order valence-electron chi connectivity index (χ0n) is 11.8. The number of amides is 2. The molecule has 0 unspecified atom stereocenters. The molecule has 1 aromatic rings. The van der Waals surface area contributed by atoms with Gasteiger partial charge in [-0.1, -0.05) is 0 Å². The van der Waals surface area contributed by atoms with Crippen molar-refractivity contribution >= 4 is 29.1 Å². The van der Waals surface area contributed by atoms with Gasteiger partial charge >= 0.3 is 5.97 Å². The predicted molar refractivity (Wildman–Crippen MR) is 77.8 cm³/mol. The summed E-state index contributed by atoms with van der Waals surface area (Å²) in [4.78, 5) is 37.1. The van der Waals surface area contributed by atoms with Gasteiger partial charge in [-0.05, 0) is 28.8 Å². The van der Waals surface area contributed by atoms with E-state index >= 15 is 0 Å². The Hall–Kier alpha value is -1.89. The molecule has 0 radical (unpaired) electrons. The van der Waals surface area contributed by atoms with Crippen LogP contribution in [0.4, 0.5) is 0 Å². The Balaban J connectivity index is 1.98. The number of thiophene rings is 1. The Kier molecular flexibility index (Phi) is 5.32. The van der Waals surface area contributed by atoms with E-state index < -0.39 is 12.0 Å². The van der Waals surface area contributed by atoms with Crippen LogP contribution >= 0.6 is 11.3 Å². The molecule has 0 aromatic carbocycles. The highest BCUT2D eigenvalue weighted by Gasteiger charge is 2.34. The zero-order chi connectivity index (χ0) is 15.2. The summed E-state index contributed by atoms with van der Waals surface area (Å²) in [6.45, 7) is 0.844. The van der Waals surface area contributed by atoms with E-state index in [4.69, 9.17) is 0 Å². The van der Waals surface area contributed by atoms with Crippen LogP contribution in [-0.2, 0) is 25.5 Å². The van der Waals surface area contributed by atoms with Gasteiger partial charge in [0.1, 0.15) is 6.04 Å². The Labute approximate surface area is 127 Å². The van der Waals surface area contributed by atoms with Gasteiger partial charge in [0.15, 0.2) is 0 Å². The fourth-order valence-electron chi connectivity index (χ4n) is 2.29. The fraction of sp³-hybridized carbons (Fsp3) is 0.500. The highest BCUT2D eigenvalue weighted by Crippen LogP contribution is 2.14. The summed E-state index contributed by atoms with van der Waals surface area (Å²) < 4.78 is 4.59. The topological polar surface area (TPSA) is 75.7 Å². The predicted octanol–water partition coefficient (Wildman–Crippen LogP) is 0.571. The molecule has 0 aliphatic carbocycles. The van der Waals surface area contributed by atoms with Crippen LogP contribution in [0.3, 0.4) is 0 Å². The van der Waals surface area contributed by atoms with E-state index in [1.165, 1.54) is 12.0 Å². The highest BCUT2D eigenvalue weighted by atomic mass is 32.1. The average Bonchev–Trinajstić information content (AvgIpc) is 3.00. The number of nitrogens with one attached hydrogen (secondary N) is 1. The van der Waals surface area contributed by atoms with Crippen LogP contribution in [0.15, 0.2) is 16.8 Å². The Bertz CT molecular complexity index is 515. The van der Waals surface area contributed by atoms with Gasteiger partial charge in [0.25, 0.3) is 0 Å². The van der Waals surface area contributed by atoms with Gasteiger partial charge in [-0.25, -0.2) is 0 Å². The molecule has 114 valence electrons. The second-order valence-corrected chi connectivity index (χ2v) is 5.59. The second kappa shape index (κ2) is 7.21. The summed E-state index contributed by atoms with van der Waals surface area (Å²) in [6.07, 6.45) is 0.875. The Morgan fingerprint density at radius 3 is 3.00 bits per heavy atom. The number of aryl methyl sites for hydroxylation is 1. The second-order valence-electron chi connectivity index (χ2n) is 4.81. The zero-order valence-corrected chi connectivity index (χ0v) is 12.6. The van der Waals surface area contributed by atoms with Crippen molar-refractivity contribution in [1.82, 2.24) is 10.2 Å². The monoisotopic (exact) mass is 310 g/mol. The third kappa shape index (κ3) is 4.04. The lowest BCUT2D eigenvalue weighted by Crippen LogP contribution is -2.57. The van der Waals surface area contributed by atoms with Crippen LogP contribution < -0.4 is 5.32 Å². The molecule has 21 heavy (non-hydrogen) atoms. The van der Waals surface area contributed by atoms with Gasteiger partial charge < -0.3 is 15.0 Å². The van der Waals surface area contributed by atoms with Gasteiger partial charge in [-0.2, -0.15) is 11.3 Å². The first-order valence-corrected chi connectivity index (χ1v) is 7.71. The molecule has 6 nitrogen and oxygen atoms in total. The number of ether oxygens (including phenoxy) is 1. The lowest BCUT2D eigenvalue weighted by molar-refractivity contribution is -0.150. The molecule has 0 bridgehead atoms. The Morgan fingerprint density at radius 1 is 1.52 bits per heavy atom. The molecule has 0 spiro atoms. The largest absolute Gasteiger partial charge is 0.469 e. The van der Waals surface area contributed by atoms with Crippen molar-refractivity contribution in [2.24, 2.45) is 0 Å². The van der Waals surface area contributed by atoms with Crippen molar-refractivity contribution in [2.45, 2.75) is 25.3 Å². The minimum absolute atomic E-state index is 0.105. The molecule has 1 N–H and O–H groups in total. The molecular formula is C14H18N2O4S. The normalized spacial score (nSPS) is 18.2. The number of rotatable bonds is 5. The molecular weight excluding hydrogens is 292 g/mol. The lowest BCUT2D eigenvalue weighted by atomic mass is 10.1. The first-order valence-electron chi connectivity index (χ1n) is 6.77. The standard InChI is InChI=1S/C14H18N2O4S/c1-20-13(18)8-11-14(19)15-5-6-16(11)12(17)3-2-10-4-7-21-9-10/h4,7,9,11H,2-3,5-6,8H2,1H3,(H,15,19)/t11-/m0/s1. The number of methoxy groups -OCH3 is 1. The van der Waals surface area contributed by atoms with E-state index in [2.05, 4.69) is 10.1 Å². The highest BCUT2D eigenvalue weighted by molar-refractivity contribution is 7.07. The Morgan fingerprint density at radius 2 is 2.33 bits per heavy atom. The van der Waals surface area contributed by atoms with Crippen molar-refractivity contribution in [2.75, 3.05) is 20.2 Å². The van der Waals surface area contributed by atoms with Crippen LogP contribution in [0, 0.1) is 0 Å². The van der Waals surface area contributed by atoms with Crippen molar-refractivity contribution in [1.29, 1.82) is 0 Å². The maximum atomic E-state index is 12.3. The number of hydrogen-bond acceptors (Lipinski definition) is 5. The summed E-state index contributed by atoms with van der Waals surface area (Å²) in [5, 5.41) is 6.65. The van der Waals surface area contributed by atoms with Gasteiger partial charge in [0.05, 0.1) is 13.5 Å². The molecule has 7 heteroatoms. The molecule has 1 fully saturated rings. The lowest BCUT2D eigenvalue weighted by Gasteiger charge is -2.34. The molecule has 1 aliphatic rings. The molecule has 2 heterocycles. The average molecular weight is 310 g/mol. The SMILES string of the molecule is COC(=O)C[C@H]1C(=O)NCCN1C(=O)CCc1ccsc1. The van der Waals surface area contributed by atoms with Crippen molar-refractivity contribution < 1.29 is 19.1 Å².